The highest BCUT2D eigenvalue weighted by Gasteiger charge is 2.24. The monoisotopic (exact) mass is 1110 g/mol. The summed E-state index contributed by atoms with van der Waals surface area (Å²) in [7, 11) is 0. The molecule has 1 atom stereocenters. The Labute approximate surface area is 497 Å². The molecule has 0 fully saturated rings. The molecule has 0 saturated heterocycles. The molecule has 0 radical (unpaired) electrons. The molecule has 0 aromatic heterocycles. The summed E-state index contributed by atoms with van der Waals surface area (Å²) in [6.07, 6.45) is 92.9. The smallest absolute Gasteiger partial charge is 0.185 e. The molecular weight excluding hydrogens is 965 g/mol. The normalized spacial score (nSPS) is 12.7. The van der Waals surface area contributed by atoms with Crippen LogP contribution in [0.25, 0.3) is 0 Å². The Bertz CT molecular complexity index is 1150. The molecule has 0 rings (SSSR count). The number of hydrogen-bond acceptors (Lipinski definition) is 4. The van der Waals surface area contributed by atoms with Crippen molar-refractivity contribution in [3.8, 4) is 0 Å². The highest BCUT2D eigenvalue weighted by Crippen LogP contribution is 2.18. The zero-order valence-corrected chi connectivity index (χ0v) is 54.5. The maximum absolute atomic E-state index is 6.72. The van der Waals surface area contributed by atoms with Crippen molar-refractivity contribution in [2.45, 2.75) is 400 Å². The van der Waals surface area contributed by atoms with Crippen LogP contribution in [0.3, 0.4) is 0 Å². The maximum Gasteiger partial charge on any atom is 0.185 e. The second-order valence-corrected chi connectivity index (χ2v) is 24.3. The van der Waals surface area contributed by atoms with Crippen LogP contribution in [0, 0.1) is 0 Å². The molecule has 0 aromatic rings. The predicted molar refractivity (Wildman–Crippen MR) is 354 cm³/mol. The third kappa shape index (κ3) is 67.5. The van der Waals surface area contributed by atoms with Gasteiger partial charge in [0.05, 0.1) is 6.61 Å². The molecule has 1 unspecified atom stereocenters. The zero-order chi connectivity index (χ0) is 56.8. The van der Waals surface area contributed by atoms with E-state index in [-0.39, 0.29) is 12.4 Å². The molecule has 0 heterocycles. The van der Waals surface area contributed by atoms with Crippen molar-refractivity contribution in [3.63, 3.8) is 0 Å². The minimum atomic E-state index is -0.361. The zero-order valence-electron chi connectivity index (χ0n) is 54.5. The van der Waals surface area contributed by atoms with Gasteiger partial charge in [-0.25, -0.2) is 0 Å². The molecule has 0 saturated carbocycles. The Hall–Kier alpha value is -1.20. The van der Waals surface area contributed by atoms with Crippen LogP contribution in [0.4, 0.5) is 0 Å². The van der Waals surface area contributed by atoms with Gasteiger partial charge in [0.25, 0.3) is 0 Å². The van der Waals surface area contributed by atoms with Gasteiger partial charge in [0.15, 0.2) is 6.29 Å². The van der Waals surface area contributed by atoms with Crippen molar-refractivity contribution in [2.75, 3.05) is 33.0 Å². The number of ether oxygens (including phenoxy) is 4. The van der Waals surface area contributed by atoms with E-state index < -0.39 is 0 Å². The van der Waals surface area contributed by atoms with E-state index >= 15 is 0 Å². The van der Waals surface area contributed by atoms with E-state index in [4.69, 9.17) is 18.9 Å². The van der Waals surface area contributed by atoms with E-state index in [1.807, 2.05) is 0 Å². The Balaban J connectivity index is 5.04. The molecule has 0 amide bonds. The Morgan fingerprint density at radius 2 is 0.392 bits per heavy atom. The number of hydrogen-bond donors (Lipinski definition) is 0. The fourth-order valence-electron chi connectivity index (χ4n) is 10.8. The van der Waals surface area contributed by atoms with Gasteiger partial charge in [0.1, 0.15) is 6.10 Å². The second kappa shape index (κ2) is 72.9. The average molecular weight is 1110 g/mol. The molecule has 0 aliphatic rings. The quantitative estimate of drug-likeness (QED) is 0.0346. The fourth-order valence-corrected chi connectivity index (χ4v) is 10.8. The summed E-state index contributed by atoms with van der Waals surface area (Å²) in [4.78, 5) is 0. The summed E-state index contributed by atoms with van der Waals surface area (Å²) < 4.78 is 26.5. The Morgan fingerprint density at radius 1 is 0.203 bits per heavy atom. The van der Waals surface area contributed by atoms with E-state index in [1.54, 1.807) is 0 Å². The van der Waals surface area contributed by atoms with Crippen LogP contribution < -0.4 is 0 Å². The number of unbranched alkanes of at least 4 members (excludes halogenated alkanes) is 48. The van der Waals surface area contributed by atoms with Gasteiger partial charge in [0, 0.05) is 26.4 Å². The first-order chi connectivity index (χ1) is 39.3. The summed E-state index contributed by atoms with van der Waals surface area (Å²) in [5.74, 6) is 0. The molecule has 0 bridgehead atoms. The van der Waals surface area contributed by atoms with Crippen molar-refractivity contribution in [1.29, 1.82) is 0 Å². The van der Waals surface area contributed by atoms with E-state index in [0.717, 1.165) is 52.1 Å². The lowest BCUT2D eigenvalue weighted by molar-refractivity contribution is -0.220. The first-order valence-corrected chi connectivity index (χ1v) is 36.3. The van der Waals surface area contributed by atoms with Crippen LogP contribution in [0.15, 0.2) is 48.6 Å². The summed E-state index contributed by atoms with van der Waals surface area (Å²) >= 11 is 0. The number of allylic oxidation sites excluding steroid dienone is 8. The van der Waals surface area contributed by atoms with Gasteiger partial charge in [-0.05, 0) is 128 Å². The Kier molecular flexibility index (Phi) is 71.8. The number of rotatable bonds is 70. The minimum absolute atomic E-state index is 0.180. The summed E-state index contributed by atoms with van der Waals surface area (Å²) in [6, 6.07) is 0. The molecule has 0 aliphatic heterocycles. The van der Waals surface area contributed by atoms with Crippen LogP contribution in [-0.2, 0) is 18.9 Å². The van der Waals surface area contributed by atoms with Gasteiger partial charge in [-0.3, -0.25) is 0 Å². The topological polar surface area (TPSA) is 36.9 Å². The first kappa shape index (κ1) is 77.8. The molecule has 4 nitrogen and oxygen atoms in total. The largest absolute Gasteiger partial charge is 0.379 e. The highest BCUT2D eigenvalue weighted by atomic mass is 16.7. The van der Waals surface area contributed by atoms with Crippen molar-refractivity contribution < 1.29 is 18.9 Å². The lowest BCUT2D eigenvalue weighted by Gasteiger charge is -2.28. The molecule has 0 N–H and O–H groups in total. The Morgan fingerprint density at radius 3 is 0.633 bits per heavy atom. The third-order valence-electron chi connectivity index (χ3n) is 16.3. The molecule has 468 valence electrons. The van der Waals surface area contributed by atoms with E-state index in [0.29, 0.717) is 6.61 Å². The third-order valence-corrected chi connectivity index (χ3v) is 16.3. The van der Waals surface area contributed by atoms with Gasteiger partial charge < -0.3 is 18.9 Å². The van der Waals surface area contributed by atoms with Gasteiger partial charge in [-0.15, -0.1) is 0 Å². The lowest BCUT2D eigenvalue weighted by Crippen LogP contribution is -2.38. The van der Waals surface area contributed by atoms with Crippen LogP contribution in [0.1, 0.15) is 387 Å². The van der Waals surface area contributed by atoms with Crippen LogP contribution in [0.2, 0.25) is 0 Å². The first-order valence-electron chi connectivity index (χ1n) is 36.3. The van der Waals surface area contributed by atoms with E-state index in [9.17, 15) is 0 Å². The van der Waals surface area contributed by atoms with Gasteiger partial charge in [0.2, 0.25) is 0 Å². The molecular formula is C75H144O4. The summed E-state index contributed by atoms with van der Waals surface area (Å²) in [5, 5.41) is 0. The van der Waals surface area contributed by atoms with E-state index in [1.165, 1.54) is 334 Å². The second-order valence-electron chi connectivity index (χ2n) is 24.3. The van der Waals surface area contributed by atoms with E-state index in [2.05, 4.69) is 76.3 Å². The summed E-state index contributed by atoms with van der Waals surface area (Å²) in [5.41, 5.74) is 0. The summed E-state index contributed by atoms with van der Waals surface area (Å²) in [6.45, 7) is 12.8. The minimum Gasteiger partial charge on any atom is -0.379 e. The van der Waals surface area contributed by atoms with Gasteiger partial charge in [-0.1, -0.05) is 307 Å². The highest BCUT2D eigenvalue weighted by molar-refractivity contribution is 4.83. The van der Waals surface area contributed by atoms with Crippen LogP contribution >= 0.6 is 0 Å². The van der Waals surface area contributed by atoms with Crippen molar-refractivity contribution in [1.82, 2.24) is 0 Å². The molecule has 4 heteroatoms. The molecule has 0 spiro atoms. The van der Waals surface area contributed by atoms with Crippen molar-refractivity contribution in [2.24, 2.45) is 0 Å². The van der Waals surface area contributed by atoms with Crippen molar-refractivity contribution >= 4 is 0 Å². The lowest BCUT2D eigenvalue weighted by atomic mass is 10.1. The fraction of sp³-hybridized carbons (Fsp3) is 0.893. The van der Waals surface area contributed by atoms with Crippen molar-refractivity contribution in [3.05, 3.63) is 48.6 Å². The van der Waals surface area contributed by atoms with Crippen LogP contribution in [-0.4, -0.2) is 45.4 Å². The maximum atomic E-state index is 6.72. The standard InChI is InChI=1S/C75H144O4/c1-5-9-13-17-21-25-29-33-37-41-45-49-53-57-61-65-69-76-73-74(77-70-66-62-58-54-50-46-42-38-34-30-26-22-18-14-10-6-2)75(78-71-67-63-59-55-51-47-43-39-35-31-27-23-19-15-11-7-3)79-72-68-64-60-56-52-48-44-40-36-32-28-24-20-16-12-8-4/h33-40,74-75H,5-32,41-73H2,1-4H3/b37-33-,38-34-,39-35-,40-36-. The molecule has 0 aliphatic carbocycles. The average Bonchev–Trinajstić information content (AvgIpc) is 3.46. The van der Waals surface area contributed by atoms with Gasteiger partial charge >= 0.3 is 0 Å². The SMILES string of the molecule is CCCCCCCC/C=C\CCCCCCCCOCC(OCCCCCCCC/C=C\CCCCCCCC)C(OCCCCCCCC/C=C\CCCCCCCC)OCCCCCCCC/C=C\CCCCCCCC. The van der Waals surface area contributed by atoms with Gasteiger partial charge in [-0.2, -0.15) is 0 Å². The molecule has 0 aromatic carbocycles. The van der Waals surface area contributed by atoms with Crippen LogP contribution in [0.5, 0.6) is 0 Å². The molecule has 79 heavy (non-hydrogen) atoms. The predicted octanol–water partition coefficient (Wildman–Crippen LogP) is 25.9.